The van der Waals surface area contributed by atoms with Crippen molar-refractivity contribution in [2.45, 2.75) is 47.5 Å². The second kappa shape index (κ2) is 7.97. The second-order valence-electron chi connectivity index (χ2n) is 4.83. The lowest BCUT2D eigenvalue weighted by atomic mass is 10.3. The summed E-state index contributed by atoms with van der Waals surface area (Å²) in [4.78, 5) is 13.9. The molecule has 0 aliphatic heterocycles. The van der Waals surface area contributed by atoms with E-state index in [1.165, 1.54) is 0 Å². The fourth-order valence-electron chi connectivity index (χ4n) is 2.23. The van der Waals surface area contributed by atoms with Crippen LogP contribution in [0.2, 0.25) is 0 Å². The van der Waals surface area contributed by atoms with E-state index < -0.39 is 0 Å². The molecule has 0 saturated heterocycles. The van der Waals surface area contributed by atoms with Crippen LogP contribution in [0.25, 0.3) is 0 Å². The van der Waals surface area contributed by atoms with Crippen LogP contribution in [0.15, 0.2) is 6.07 Å². The molecule has 0 aliphatic carbocycles. The Morgan fingerprint density at radius 1 is 0.895 bits per heavy atom. The lowest BCUT2D eigenvalue weighted by Crippen LogP contribution is -2.29. The van der Waals surface area contributed by atoms with E-state index in [9.17, 15) is 0 Å². The van der Waals surface area contributed by atoms with Gasteiger partial charge in [0, 0.05) is 37.9 Å². The standard InChI is InChI=1S/C15H28N4/c1-6-10-19(11-7-2)14-12-13(5)16-15(17-14)18(8-3)9-4/h12H,6-11H2,1-5H3. The predicted octanol–water partition coefficient (Wildman–Crippen LogP) is 3.26. The average molecular weight is 264 g/mol. The Balaban J connectivity index is 3.05. The minimum atomic E-state index is 0.859. The summed E-state index contributed by atoms with van der Waals surface area (Å²) in [7, 11) is 0. The monoisotopic (exact) mass is 264 g/mol. The lowest BCUT2D eigenvalue weighted by molar-refractivity contribution is 0.726. The van der Waals surface area contributed by atoms with Crippen molar-refractivity contribution in [2.24, 2.45) is 0 Å². The highest BCUT2D eigenvalue weighted by molar-refractivity contribution is 5.45. The van der Waals surface area contributed by atoms with E-state index in [0.29, 0.717) is 0 Å². The van der Waals surface area contributed by atoms with Gasteiger partial charge in [-0.15, -0.1) is 0 Å². The minimum Gasteiger partial charge on any atom is -0.356 e. The number of aryl methyl sites for hydroxylation is 1. The molecule has 1 aromatic rings. The summed E-state index contributed by atoms with van der Waals surface area (Å²) in [5.41, 5.74) is 1.05. The topological polar surface area (TPSA) is 32.3 Å². The lowest BCUT2D eigenvalue weighted by Gasteiger charge is -2.25. The van der Waals surface area contributed by atoms with Crippen molar-refractivity contribution < 1.29 is 0 Å². The molecule has 0 spiro atoms. The predicted molar refractivity (Wildman–Crippen MR) is 83.1 cm³/mol. The zero-order valence-electron chi connectivity index (χ0n) is 13.1. The number of aromatic nitrogens is 2. The summed E-state index contributed by atoms with van der Waals surface area (Å²) in [6.45, 7) is 14.8. The fraction of sp³-hybridized carbons (Fsp3) is 0.733. The van der Waals surface area contributed by atoms with Crippen molar-refractivity contribution in [2.75, 3.05) is 36.0 Å². The van der Waals surface area contributed by atoms with Gasteiger partial charge in [-0.3, -0.25) is 0 Å². The summed E-state index contributed by atoms with van der Waals surface area (Å²) in [6, 6.07) is 2.10. The van der Waals surface area contributed by atoms with Gasteiger partial charge in [0.05, 0.1) is 0 Å². The summed E-state index contributed by atoms with van der Waals surface area (Å²) in [6.07, 6.45) is 2.29. The quantitative estimate of drug-likeness (QED) is 0.721. The minimum absolute atomic E-state index is 0.859. The highest BCUT2D eigenvalue weighted by Gasteiger charge is 2.12. The summed E-state index contributed by atoms with van der Waals surface area (Å²) in [5.74, 6) is 1.93. The van der Waals surface area contributed by atoms with Crippen LogP contribution in [0.4, 0.5) is 11.8 Å². The SMILES string of the molecule is CCCN(CCC)c1cc(C)nc(N(CC)CC)n1. The number of anilines is 2. The van der Waals surface area contributed by atoms with E-state index in [1.54, 1.807) is 0 Å². The van der Waals surface area contributed by atoms with E-state index in [1.807, 2.05) is 6.92 Å². The van der Waals surface area contributed by atoms with Gasteiger partial charge in [0.25, 0.3) is 0 Å². The number of hydrogen-bond acceptors (Lipinski definition) is 4. The third-order valence-electron chi connectivity index (χ3n) is 3.19. The Morgan fingerprint density at radius 3 is 1.95 bits per heavy atom. The maximum Gasteiger partial charge on any atom is 0.227 e. The molecule has 0 radical (unpaired) electrons. The van der Waals surface area contributed by atoms with E-state index in [2.05, 4.69) is 48.5 Å². The normalized spacial score (nSPS) is 10.6. The average Bonchev–Trinajstić information content (AvgIpc) is 2.39. The van der Waals surface area contributed by atoms with Gasteiger partial charge in [-0.1, -0.05) is 13.8 Å². The van der Waals surface area contributed by atoms with Crippen molar-refractivity contribution in [1.29, 1.82) is 0 Å². The Hall–Kier alpha value is -1.32. The summed E-state index contributed by atoms with van der Waals surface area (Å²) in [5, 5.41) is 0. The second-order valence-corrected chi connectivity index (χ2v) is 4.83. The molecule has 0 atom stereocenters. The first-order valence-electron chi connectivity index (χ1n) is 7.51. The highest BCUT2D eigenvalue weighted by atomic mass is 15.3. The van der Waals surface area contributed by atoms with E-state index in [-0.39, 0.29) is 0 Å². The molecule has 0 aromatic carbocycles. The molecule has 108 valence electrons. The number of hydrogen-bond donors (Lipinski definition) is 0. The molecular weight excluding hydrogens is 236 g/mol. The summed E-state index contributed by atoms with van der Waals surface area (Å²) >= 11 is 0. The third-order valence-corrected chi connectivity index (χ3v) is 3.19. The van der Waals surface area contributed by atoms with Crippen molar-refractivity contribution in [3.8, 4) is 0 Å². The first kappa shape index (κ1) is 15.7. The van der Waals surface area contributed by atoms with E-state index >= 15 is 0 Å². The van der Waals surface area contributed by atoms with Gasteiger partial charge in [-0.2, -0.15) is 4.98 Å². The van der Waals surface area contributed by atoms with Gasteiger partial charge in [-0.05, 0) is 33.6 Å². The summed E-state index contributed by atoms with van der Waals surface area (Å²) < 4.78 is 0. The fourth-order valence-corrected chi connectivity index (χ4v) is 2.23. The Bertz CT molecular complexity index is 368. The van der Waals surface area contributed by atoms with Crippen LogP contribution in [0.5, 0.6) is 0 Å². The number of nitrogens with zero attached hydrogens (tertiary/aromatic N) is 4. The third kappa shape index (κ3) is 4.37. The molecule has 0 N–H and O–H groups in total. The Kier molecular flexibility index (Phi) is 6.60. The molecule has 4 nitrogen and oxygen atoms in total. The molecule has 0 bridgehead atoms. The molecule has 1 heterocycles. The Labute approximate surface area is 117 Å². The maximum absolute atomic E-state index is 4.75. The smallest absolute Gasteiger partial charge is 0.227 e. The van der Waals surface area contributed by atoms with Gasteiger partial charge in [0.2, 0.25) is 5.95 Å². The van der Waals surface area contributed by atoms with Crippen molar-refractivity contribution in [1.82, 2.24) is 9.97 Å². The molecule has 0 saturated carbocycles. The molecule has 0 fully saturated rings. The van der Waals surface area contributed by atoms with Crippen LogP contribution in [-0.2, 0) is 0 Å². The van der Waals surface area contributed by atoms with Crippen LogP contribution >= 0.6 is 0 Å². The molecule has 1 rings (SSSR count). The van der Waals surface area contributed by atoms with Gasteiger partial charge >= 0.3 is 0 Å². The van der Waals surface area contributed by atoms with Gasteiger partial charge in [-0.25, -0.2) is 4.98 Å². The molecule has 4 heteroatoms. The zero-order chi connectivity index (χ0) is 14.3. The molecule has 0 aliphatic rings. The number of rotatable bonds is 8. The van der Waals surface area contributed by atoms with E-state index in [4.69, 9.17) is 4.98 Å². The van der Waals surface area contributed by atoms with Crippen molar-refractivity contribution in [3.63, 3.8) is 0 Å². The molecule has 0 amide bonds. The Morgan fingerprint density at radius 2 is 1.47 bits per heavy atom. The first-order chi connectivity index (χ1) is 9.15. The largest absolute Gasteiger partial charge is 0.356 e. The molecular formula is C15H28N4. The molecule has 19 heavy (non-hydrogen) atoms. The highest BCUT2D eigenvalue weighted by Crippen LogP contribution is 2.18. The first-order valence-corrected chi connectivity index (χ1v) is 7.51. The van der Waals surface area contributed by atoms with Gasteiger partial charge in [0.15, 0.2) is 0 Å². The van der Waals surface area contributed by atoms with Crippen LogP contribution in [0, 0.1) is 6.92 Å². The van der Waals surface area contributed by atoms with Crippen LogP contribution in [-0.4, -0.2) is 36.1 Å². The zero-order valence-corrected chi connectivity index (χ0v) is 13.1. The van der Waals surface area contributed by atoms with Gasteiger partial charge in [0.1, 0.15) is 5.82 Å². The van der Waals surface area contributed by atoms with Crippen LogP contribution in [0.3, 0.4) is 0 Å². The van der Waals surface area contributed by atoms with Crippen LogP contribution in [0.1, 0.15) is 46.2 Å². The maximum atomic E-state index is 4.75. The van der Waals surface area contributed by atoms with Crippen molar-refractivity contribution >= 4 is 11.8 Å². The van der Waals surface area contributed by atoms with Crippen LogP contribution < -0.4 is 9.80 Å². The molecule has 0 unspecified atom stereocenters. The molecule has 1 aromatic heterocycles. The van der Waals surface area contributed by atoms with E-state index in [0.717, 1.165) is 56.5 Å². The van der Waals surface area contributed by atoms with Gasteiger partial charge < -0.3 is 9.80 Å². The van der Waals surface area contributed by atoms with Crippen molar-refractivity contribution in [3.05, 3.63) is 11.8 Å².